The van der Waals surface area contributed by atoms with Crippen molar-refractivity contribution in [1.82, 2.24) is 0 Å². The zero-order valence-electron chi connectivity index (χ0n) is 13.3. The van der Waals surface area contributed by atoms with Gasteiger partial charge in [-0.1, -0.05) is 29.8 Å². The second-order valence-electron chi connectivity index (χ2n) is 5.64. The molecule has 0 saturated carbocycles. The Balaban J connectivity index is 1.69. The highest BCUT2D eigenvalue weighted by molar-refractivity contribution is 6.31. The number of carbonyl (C=O) groups excluding carboxylic acids is 1. The van der Waals surface area contributed by atoms with E-state index in [1.54, 1.807) is 18.2 Å². The Labute approximate surface area is 146 Å². The minimum Gasteiger partial charge on any atom is -0.455 e. The topological polar surface area (TPSA) is 52.0 Å². The van der Waals surface area contributed by atoms with Crippen LogP contribution in [0.2, 0.25) is 5.02 Å². The van der Waals surface area contributed by atoms with Crippen molar-refractivity contribution in [2.45, 2.75) is 0 Å². The van der Waals surface area contributed by atoms with Crippen LogP contribution in [-0.4, -0.2) is 38.8 Å². The number of ether oxygens (including phenoxy) is 2. The molecule has 5 nitrogen and oxygen atoms in total. The Morgan fingerprint density at radius 1 is 1.17 bits per heavy atom. The standard InChI is InChI=1S/C18H19ClN2O3/c19-14-6-7-17(24-15-4-2-1-3-5-15)16(12-14)20-18(22)13-21-8-10-23-11-9-21/h1-7,12H,8-11,13H2,(H,20,22)/p+1. The summed E-state index contributed by atoms with van der Waals surface area (Å²) in [6.45, 7) is 3.48. The molecule has 3 rings (SSSR count). The van der Waals surface area contributed by atoms with E-state index in [1.807, 2.05) is 30.3 Å². The first-order valence-electron chi connectivity index (χ1n) is 7.94. The quantitative estimate of drug-likeness (QED) is 0.869. The third-order valence-corrected chi connectivity index (χ3v) is 4.03. The highest BCUT2D eigenvalue weighted by Crippen LogP contribution is 2.31. The van der Waals surface area contributed by atoms with E-state index in [4.69, 9.17) is 21.1 Å². The van der Waals surface area contributed by atoms with Crippen LogP contribution < -0.4 is 15.0 Å². The first-order valence-corrected chi connectivity index (χ1v) is 8.32. The molecule has 2 aromatic rings. The molecular weight excluding hydrogens is 328 g/mol. The van der Waals surface area contributed by atoms with E-state index >= 15 is 0 Å². The summed E-state index contributed by atoms with van der Waals surface area (Å²) >= 11 is 6.07. The first-order chi connectivity index (χ1) is 11.7. The van der Waals surface area contributed by atoms with Gasteiger partial charge in [-0.15, -0.1) is 0 Å². The minimum atomic E-state index is -0.0629. The van der Waals surface area contributed by atoms with Crippen molar-refractivity contribution in [3.8, 4) is 11.5 Å². The third-order valence-electron chi connectivity index (χ3n) is 3.80. The number of nitrogens with one attached hydrogen (secondary N) is 2. The van der Waals surface area contributed by atoms with Crippen molar-refractivity contribution in [3.63, 3.8) is 0 Å². The molecule has 1 aliphatic heterocycles. The molecule has 0 unspecified atom stereocenters. The van der Waals surface area contributed by atoms with Crippen molar-refractivity contribution >= 4 is 23.2 Å². The Bertz CT molecular complexity index is 688. The van der Waals surface area contributed by atoms with Crippen LogP contribution in [0.1, 0.15) is 0 Å². The van der Waals surface area contributed by atoms with Gasteiger partial charge in [0.1, 0.15) is 18.8 Å². The summed E-state index contributed by atoms with van der Waals surface area (Å²) in [5.41, 5.74) is 0.573. The molecule has 1 amide bonds. The summed E-state index contributed by atoms with van der Waals surface area (Å²) in [5.74, 6) is 1.21. The van der Waals surface area contributed by atoms with Crippen LogP contribution in [0, 0.1) is 0 Å². The maximum atomic E-state index is 12.3. The van der Waals surface area contributed by atoms with Crippen LogP contribution in [0.5, 0.6) is 11.5 Å². The third kappa shape index (κ3) is 4.71. The molecule has 2 N–H and O–H groups in total. The van der Waals surface area contributed by atoms with Crippen LogP contribution in [0.3, 0.4) is 0 Å². The number of carbonyl (C=O) groups is 1. The summed E-state index contributed by atoms with van der Waals surface area (Å²) in [7, 11) is 0. The van der Waals surface area contributed by atoms with Gasteiger partial charge < -0.3 is 19.7 Å². The minimum absolute atomic E-state index is 0.0629. The van der Waals surface area contributed by atoms with Gasteiger partial charge in [0, 0.05) is 5.02 Å². The van der Waals surface area contributed by atoms with Gasteiger partial charge in [0.2, 0.25) is 0 Å². The highest BCUT2D eigenvalue weighted by Gasteiger charge is 2.19. The Morgan fingerprint density at radius 3 is 2.67 bits per heavy atom. The summed E-state index contributed by atoms with van der Waals surface area (Å²) in [4.78, 5) is 13.5. The molecule has 2 aromatic carbocycles. The highest BCUT2D eigenvalue weighted by atomic mass is 35.5. The van der Waals surface area contributed by atoms with Crippen LogP contribution in [0.4, 0.5) is 5.69 Å². The van der Waals surface area contributed by atoms with E-state index in [0.29, 0.717) is 42.0 Å². The molecular formula is C18H20ClN2O3+. The fourth-order valence-corrected chi connectivity index (χ4v) is 2.73. The number of amides is 1. The van der Waals surface area contributed by atoms with E-state index < -0.39 is 0 Å². The Kier molecular flexibility index (Phi) is 5.69. The Hall–Kier alpha value is -2.08. The SMILES string of the molecule is O=C(C[NH+]1CCOCC1)Nc1cc(Cl)ccc1Oc1ccccc1. The summed E-state index contributed by atoms with van der Waals surface area (Å²) < 4.78 is 11.2. The average Bonchev–Trinajstić information content (AvgIpc) is 2.59. The average molecular weight is 348 g/mol. The normalized spacial score (nSPS) is 15.0. The number of para-hydroxylation sites is 1. The van der Waals surface area contributed by atoms with Crippen molar-refractivity contribution in [2.75, 3.05) is 38.2 Å². The molecule has 1 aliphatic rings. The molecule has 1 heterocycles. The largest absolute Gasteiger partial charge is 0.455 e. The molecule has 0 bridgehead atoms. The van der Waals surface area contributed by atoms with Crippen molar-refractivity contribution < 1.29 is 19.2 Å². The lowest BCUT2D eigenvalue weighted by Crippen LogP contribution is -3.15. The molecule has 126 valence electrons. The summed E-state index contributed by atoms with van der Waals surface area (Å²) in [6.07, 6.45) is 0. The van der Waals surface area contributed by atoms with Crippen molar-refractivity contribution in [3.05, 3.63) is 53.6 Å². The zero-order chi connectivity index (χ0) is 16.8. The van der Waals surface area contributed by atoms with Gasteiger partial charge in [-0.3, -0.25) is 4.79 Å². The van der Waals surface area contributed by atoms with Gasteiger partial charge in [0.05, 0.1) is 18.9 Å². The molecule has 1 saturated heterocycles. The first kappa shape index (κ1) is 16.8. The number of quaternary nitrogens is 1. The summed E-state index contributed by atoms with van der Waals surface area (Å²) in [6, 6.07) is 14.6. The molecule has 0 radical (unpaired) electrons. The van der Waals surface area contributed by atoms with Crippen molar-refractivity contribution in [2.24, 2.45) is 0 Å². The molecule has 0 aliphatic carbocycles. The summed E-state index contributed by atoms with van der Waals surface area (Å²) in [5, 5.41) is 3.45. The monoisotopic (exact) mass is 347 g/mol. The van der Waals surface area contributed by atoms with E-state index in [2.05, 4.69) is 5.32 Å². The van der Waals surface area contributed by atoms with E-state index in [1.165, 1.54) is 4.90 Å². The maximum Gasteiger partial charge on any atom is 0.279 e. The fourth-order valence-electron chi connectivity index (χ4n) is 2.56. The predicted octanol–water partition coefficient (Wildman–Crippen LogP) is 1.99. The van der Waals surface area contributed by atoms with Crippen LogP contribution in [-0.2, 0) is 9.53 Å². The number of morpholine rings is 1. The van der Waals surface area contributed by atoms with Crippen LogP contribution in [0.15, 0.2) is 48.5 Å². The number of anilines is 1. The molecule has 0 aromatic heterocycles. The second-order valence-corrected chi connectivity index (χ2v) is 6.08. The van der Waals surface area contributed by atoms with Crippen LogP contribution in [0.25, 0.3) is 0 Å². The molecule has 0 spiro atoms. The fraction of sp³-hybridized carbons (Fsp3) is 0.278. The van der Waals surface area contributed by atoms with Gasteiger partial charge in [0.15, 0.2) is 12.3 Å². The molecule has 0 atom stereocenters. The smallest absolute Gasteiger partial charge is 0.279 e. The predicted molar refractivity (Wildman–Crippen MR) is 93.0 cm³/mol. The molecule has 24 heavy (non-hydrogen) atoms. The van der Waals surface area contributed by atoms with Gasteiger partial charge >= 0.3 is 0 Å². The van der Waals surface area contributed by atoms with Gasteiger partial charge in [-0.05, 0) is 30.3 Å². The second kappa shape index (κ2) is 8.15. The van der Waals surface area contributed by atoms with Gasteiger partial charge in [0.25, 0.3) is 5.91 Å². The lowest BCUT2D eigenvalue weighted by molar-refractivity contribution is -0.899. The molecule has 1 fully saturated rings. The van der Waals surface area contributed by atoms with Gasteiger partial charge in [-0.25, -0.2) is 0 Å². The number of rotatable bonds is 5. The number of hydrogen-bond acceptors (Lipinski definition) is 3. The maximum absolute atomic E-state index is 12.3. The number of benzene rings is 2. The van der Waals surface area contributed by atoms with Gasteiger partial charge in [-0.2, -0.15) is 0 Å². The van der Waals surface area contributed by atoms with E-state index in [0.717, 1.165) is 13.1 Å². The lowest BCUT2D eigenvalue weighted by Gasteiger charge is -2.23. The van der Waals surface area contributed by atoms with Crippen LogP contribution >= 0.6 is 11.6 Å². The van der Waals surface area contributed by atoms with Crippen molar-refractivity contribution in [1.29, 1.82) is 0 Å². The van der Waals surface area contributed by atoms with E-state index in [-0.39, 0.29) is 5.91 Å². The lowest BCUT2D eigenvalue weighted by atomic mass is 10.2. The molecule has 6 heteroatoms. The number of hydrogen-bond donors (Lipinski definition) is 2. The Morgan fingerprint density at radius 2 is 1.92 bits per heavy atom. The van der Waals surface area contributed by atoms with E-state index in [9.17, 15) is 4.79 Å². The number of halogens is 1. The zero-order valence-corrected chi connectivity index (χ0v) is 14.0.